The molecule has 7 nitrogen and oxygen atoms in total. The van der Waals surface area contributed by atoms with Gasteiger partial charge < -0.3 is 15.5 Å². The number of thiophene rings is 1. The standard InChI is InChI=1S/C21H26N6OS/c1-13(2)11-15-12-29-21-17(15)20(24-14(3)25-21)27-9-7-26(8-10-27)19-16(18(22)28)5-4-6-23-19/h4-6,12-13H,7-11H2,1-3H3,(H2,22,28). The van der Waals surface area contributed by atoms with Crippen LogP contribution in [-0.4, -0.2) is 47.0 Å². The number of carbonyl (C=O) groups is 1. The molecule has 1 amide bonds. The molecule has 0 spiro atoms. The number of nitrogens with two attached hydrogens (primary N) is 1. The Kier molecular flexibility index (Phi) is 5.36. The average molecular weight is 411 g/mol. The number of hydrogen-bond acceptors (Lipinski definition) is 7. The summed E-state index contributed by atoms with van der Waals surface area (Å²) in [6.07, 6.45) is 2.73. The zero-order valence-electron chi connectivity index (χ0n) is 17.1. The van der Waals surface area contributed by atoms with Crippen molar-refractivity contribution in [2.45, 2.75) is 27.2 Å². The second-order valence-electron chi connectivity index (χ2n) is 7.85. The van der Waals surface area contributed by atoms with Crippen LogP contribution in [0.4, 0.5) is 11.6 Å². The SMILES string of the molecule is Cc1nc(N2CCN(c3ncccc3C(N)=O)CC2)c2c(CC(C)C)csc2n1. The van der Waals surface area contributed by atoms with Gasteiger partial charge >= 0.3 is 0 Å². The number of primary amides is 1. The van der Waals surface area contributed by atoms with Gasteiger partial charge in [-0.15, -0.1) is 11.3 Å². The number of aromatic nitrogens is 3. The van der Waals surface area contributed by atoms with Crippen LogP contribution in [0.15, 0.2) is 23.7 Å². The maximum Gasteiger partial charge on any atom is 0.252 e. The lowest BCUT2D eigenvalue weighted by Crippen LogP contribution is -2.47. The molecule has 0 atom stereocenters. The summed E-state index contributed by atoms with van der Waals surface area (Å²) in [5, 5.41) is 3.42. The van der Waals surface area contributed by atoms with Gasteiger partial charge in [0.1, 0.15) is 22.3 Å². The van der Waals surface area contributed by atoms with Gasteiger partial charge in [-0.2, -0.15) is 0 Å². The van der Waals surface area contributed by atoms with E-state index in [0.29, 0.717) is 17.3 Å². The van der Waals surface area contributed by atoms with E-state index in [1.165, 1.54) is 10.9 Å². The fourth-order valence-electron chi connectivity index (χ4n) is 3.87. The van der Waals surface area contributed by atoms with Gasteiger partial charge in [-0.1, -0.05) is 13.8 Å². The minimum absolute atomic E-state index is 0.444. The Morgan fingerprint density at radius 1 is 1.17 bits per heavy atom. The van der Waals surface area contributed by atoms with Crippen LogP contribution < -0.4 is 15.5 Å². The molecule has 8 heteroatoms. The molecule has 3 aromatic heterocycles. The summed E-state index contributed by atoms with van der Waals surface area (Å²) in [4.78, 5) is 31.2. The predicted molar refractivity (Wildman–Crippen MR) is 118 cm³/mol. The predicted octanol–water partition coefficient (Wildman–Crippen LogP) is 3.02. The molecular weight excluding hydrogens is 384 g/mol. The number of amides is 1. The normalized spacial score (nSPS) is 14.8. The molecule has 0 saturated carbocycles. The zero-order chi connectivity index (χ0) is 20.5. The number of rotatable bonds is 5. The molecule has 3 aromatic rings. The Morgan fingerprint density at radius 2 is 1.86 bits per heavy atom. The Labute approximate surface area is 174 Å². The zero-order valence-corrected chi connectivity index (χ0v) is 17.9. The second kappa shape index (κ2) is 7.94. The van der Waals surface area contributed by atoms with Crippen LogP contribution >= 0.6 is 11.3 Å². The van der Waals surface area contributed by atoms with Crippen molar-refractivity contribution in [2.75, 3.05) is 36.0 Å². The van der Waals surface area contributed by atoms with Crippen molar-refractivity contribution in [1.29, 1.82) is 0 Å². The number of aryl methyl sites for hydroxylation is 1. The van der Waals surface area contributed by atoms with Crippen molar-refractivity contribution in [1.82, 2.24) is 15.0 Å². The molecule has 29 heavy (non-hydrogen) atoms. The summed E-state index contributed by atoms with van der Waals surface area (Å²) in [5.41, 5.74) is 7.33. The topological polar surface area (TPSA) is 88.2 Å². The van der Waals surface area contributed by atoms with E-state index in [-0.39, 0.29) is 0 Å². The highest BCUT2D eigenvalue weighted by Crippen LogP contribution is 2.34. The van der Waals surface area contributed by atoms with E-state index in [2.05, 4.69) is 39.0 Å². The fourth-order valence-corrected chi connectivity index (χ4v) is 4.87. The maximum absolute atomic E-state index is 11.8. The monoisotopic (exact) mass is 410 g/mol. The van der Waals surface area contributed by atoms with E-state index in [4.69, 9.17) is 10.7 Å². The fraction of sp³-hybridized carbons (Fsp3) is 0.429. The minimum atomic E-state index is -0.444. The molecule has 0 aromatic carbocycles. The van der Waals surface area contributed by atoms with Gasteiger partial charge in [0.2, 0.25) is 0 Å². The first-order valence-electron chi connectivity index (χ1n) is 9.93. The van der Waals surface area contributed by atoms with Gasteiger partial charge in [0.05, 0.1) is 10.9 Å². The molecule has 0 unspecified atom stereocenters. The Hall–Kier alpha value is -2.74. The first kappa shape index (κ1) is 19.6. The van der Waals surface area contributed by atoms with E-state index >= 15 is 0 Å². The van der Waals surface area contributed by atoms with Crippen LogP contribution in [0.25, 0.3) is 10.2 Å². The third kappa shape index (κ3) is 3.89. The first-order valence-corrected chi connectivity index (χ1v) is 10.8. The summed E-state index contributed by atoms with van der Waals surface area (Å²) >= 11 is 1.70. The van der Waals surface area contributed by atoms with Crippen LogP contribution in [0.1, 0.15) is 35.6 Å². The largest absolute Gasteiger partial charge is 0.365 e. The van der Waals surface area contributed by atoms with Crippen LogP contribution in [0, 0.1) is 12.8 Å². The molecule has 1 aliphatic heterocycles. The van der Waals surface area contributed by atoms with Crippen molar-refractivity contribution < 1.29 is 4.79 Å². The molecule has 0 aliphatic carbocycles. The molecule has 0 bridgehead atoms. The van der Waals surface area contributed by atoms with E-state index in [0.717, 1.165) is 49.1 Å². The summed E-state index contributed by atoms with van der Waals surface area (Å²) in [6.45, 7) is 9.54. The number of anilines is 2. The molecule has 1 saturated heterocycles. The van der Waals surface area contributed by atoms with Crippen LogP contribution in [0.2, 0.25) is 0 Å². The van der Waals surface area contributed by atoms with Crippen molar-refractivity contribution in [3.05, 3.63) is 40.7 Å². The van der Waals surface area contributed by atoms with Gasteiger partial charge in [-0.25, -0.2) is 15.0 Å². The maximum atomic E-state index is 11.8. The highest BCUT2D eigenvalue weighted by Gasteiger charge is 2.25. The number of nitrogens with zero attached hydrogens (tertiary/aromatic N) is 5. The summed E-state index contributed by atoms with van der Waals surface area (Å²) in [7, 11) is 0. The molecule has 1 aliphatic rings. The van der Waals surface area contributed by atoms with E-state index in [1.54, 1.807) is 29.7 Å². The van der Waals surface area contributed by atoms with Crippen LogP contribution in [0.5, 0.6) is 0 Å². The van der Waals surface area contributed by atoms with Crippen molar-refractivity contribution in [3.63, 3.8) is 0 Å². The van der Waals surface area contributed by atoms with Crippen LogP contribution in [0.3, 0.4) is 0 Å². The molecule has 4 rings (SSSR count). The third-order valence-corrected chi connectivity index (χ3v) is 6.08. The number of pyridine rings is 1. The second-order valence-corrected chi connectivity index (χ2v) is 8.70. The van der Waals surface area contributed by atoms with E-state index in [1.807, 2.05) is 6.92 Å². The summed E-state index contributed by atoms with van der Waals surface area (Å²) in [5.74, 6) is 2.63. The third-order valence-electron chi connectivity index (χ3n) is 5.16. The number of hydrogen-bond donors (Lipinski definition) is 1. The minimum Gasteiger partial charge on any atom is -0.365 e. The van der Waals surface area contributed by atoms with Gasteiger partial charge in [-0.3, -0.25) is 4.79 Å². The average Bonchev–Trinajstić information content (AvgIpc) is 3.09. The molecule has 4 heterocycles. The molecule has 1 fully saturated rings. The first-order chi connectivity index (χ1) is 13.9. The lowest BCUT2D eigenvalue weighted by Gasteiger charge is -2.37. The highest BCUT2D eigenvalue weighted by molar-refractivity contribution is 7.17. The number of carbonyl (C=O) groups excluding carboxylic acids is 1. The van der Waals surface area contributed by atoms with Gasteiger partial charge in [0.25, 0.3) is 5.91 Å². The quantitative estimate of drug-likeness (QED) is 0.696. The van der Waals surface area contributed by atoms with Gasteiger partial charge in [0.15, 0.2) is 0 Å². The van der Waals surface area contributed by atoms with E-state index < -0.39 is 5.91 Å². The number of piperazine rings is 1. The smallest absolute Gasteiger partial charge is 0.252 e. The Balaban J connectivity index is 1.61. The Bertz CT molecular complexity index is 1040. The Morgan fingerprint density at radius 3 is 2.52 bits per heavy atom. The van der Waals surface area contributed by atoms with Crippen LogP contribution in [-0.2, 0) is 6.42 Å². The lowest BCUT2D eigenvalue weighted by molar-refractivity contribution is 0.100. The highest BCUT2D eigenvalue weighted by atomic mass is 32.1. The molecule has 2 N–H and O–H groups in total. The lowest BCUT2D eigenvalue weighted by atomic mass is 10.0. The summed E-state index contributed by atoms with van der Waals surface area (Å²) < 4.78 is 0. The van der Waals surface area contributed by atoms with Crippen molar-refractivity contribution in [3.8, 4) is 0 Å². The van der Waals surface area contributed by atoms with Crippen molar-refractivity contribution in [2.24, 2.45) is 11.7 Å². The van der Waals surface area contributed by atoms with Gasteiger partial charge in [0, 0.05) is 32.4 Å². The van der Waals surface area contributed by atoms with E-state index in [9.17, 15) is 4.79 Å². The summed E-state index contributed by atoms with van der Waals surface area (Å²) in [6, 6.07) is 3.48. The van der Waals surface area contributed by atoms with Crippen molar-refractivity contribution >= 4 is 39.1 Å². The molecule has 152 valence electrons. The van der Waals surface area contributed by atoms with Gasteiger partial charge in [-0.05, 0) is 42.3 Å². The number of fused-ring (bicyclic) bond motifs is 1. The molecular formula is C21H26N6OS. The molecule has 0 radical (unpaired) electrons.